The van der Waals surface area contributed by atoms with E-state index in [0.29, 0.717) is 5.69 Å². The van der Waals surface area contributed by atoms with Crippen LogP contribution in [0.15, 0.2) is 109 Å². The number of rotatable bonds is 10. The summed E-state index contributed by atoms with van der Waals surface area (Å²) in [6, 6.07) is 37.3. The first kappa shape index (κ1) is 29.1. The van der Waals surface area contributed by atoms with Crippen LogP contribution in [-0.4, -0.2) is 34.4 Å². The number of hydrogen-bond acceptors (Lipinski definition) is 4. The Kier molecular flexibility index (Phi) is 7.84. The van der Waals surface area contributed by atoms with Crippen LogP contribution in [-0.2, 0) is 14.8 Å². The quantitative estimate of drug-likeness (QED) is 0.0753. The SMILES string of the molecule is CCCCCC1(C)OB(c2ccc3c(c2)c(C=O)nn3C(c2ccccc2)(c2ccccc2)c2ccccc2)OC1(C)C. The highest BCUT2D eigenvalue weighted by atomic mass is 16.7. The van der Waals surface area contributed by atoms with Crippen LogP contribution in [0, 0.1) is 0 Å². The zero-order chi connectivity index (χ0) is 30.1. The highest BCUT2D eigenvalue weighted by Crippen LogP contribution is 2.43. The number of aldehydes is 1. The van der Waals surface area contributed by atoms with Crippen molar-refractivity contribution in [1.82, 2.24) is 9.78 Å². The summed E-state index contributed by atoms with van der Waals surface area (Å²) in [7, 11) is -0.531. The van der Waals surface area contributed by atoms with Crippen molar-refractivity contribution in [2.24, 2.45) is 0 Å². The van der Waals surface area contributed by atoms with E-state index in [9.17, 15) is 4.79 Å². The van der Waals surface area contributed by atoms with Crippen molar-refractivity contribution in [3.8, 4) is 0 Å². The van der Waals surface area contributed by atoms with Gasteiger partial charge in [0.2, 0.25) is 0 Å². The minimum atomic E-state index is -0.828. The lowest BCUT2D eigenvalue weighted by Gasteiger charge is -2.37. The van der Waals surface area contributed by atoms with Gasteiger partial charge in [-0.15, -0.1) is 0 Å². The molecule has 0 radical (unpaired) electrons. The van der Waals surface area contributed by atoms with E-state index in [4.69, 9.17) is 14.4 Å². The second-order valence-corrected chi connectivity index (χ2v) is 12.3. The number of hydrogen-bond donors (Lipinski definition) is 0. The molecule has 4 aromatic carbocycles. The molecule has 0 N–H and O–H groups in total. The van der Waals surface area contributed by atoms with Crippen molar-refractivity contribution in [3.63, 3.8) is 0 Å². The van der Waals surface area contributed by atoms with E-state index in [2.05, 4.69) is 113 Å². The van der Waals surface area contributed by atoms with Gasteiger partial charge in [-0.05, 0) is 55.4 Å². The molecule has 1 atom stereocenters. The maximum Gasteiger partial charge on any atom is 0.494 e. The summed E-state index contributed by atoms with van der Waals surface area (Å²) >= 11 is 0. The molecular formula is C37H39BN2O3. The van der Waals surface area contributed by atoms with Gasteiger partial charge < -0.3 is 9.31 Å². The molecule has 5 aromatic rings. The Morgan fingerprint density at radius 3 is 1.86 bits per heavy atom. The average molecular weight is 571 g/mol. The fourth-order valence-electron chi connectivity index (χ4n) is 6.56. The Morgan fingerprint density at radius 2 is 1.35 bits per heavy atom. The number of carbonyl (C=O) groups is 1. The maximum atomic E-state index is 12.6. The first-order chi connectivity index (χ1) is 20.8. The molecule has 1 aliphatic heterocycles. The molecule has 0 saturated carbocycles. The predicted octanol–water partition coefficient (Wildman–Crippen LogP) is 7.55. The number of carbonyl (C=O) groups excluding carboxylic acids is 1. The van der Waals surface area contributed by atoms with E-state index in [1.165, 1.54) is 6.42 Å². The molecule has 0 amide bonds. The molecule has 1 aromatic heterocycles. The first-order valence-electron chi connectivity index (χ1n) is 15.3. The fourth-order valence-corrected chi connectivity index (χ4v) is 6.56. The third kappa shape index (κ3) is 4.93. The lowest BCUT2D eigenvalue weighted by atomic mass is 9.76. The number of nitrogens with zero attached hydrogens (tertiary/aromatic N) is 2. The smallest absolute Gasteiger partial charge is 0.399 e. The van der Waals surface area contributed by atoms with Gasteiger partial charge in [0.25, 0.3) is 0 Å². The topological polar surface area (TPSA) is 53.3 Å². The van der Waals surface area contributed by atoms with Crippen LogP contribution >= 0.6 is 0 Å². The molecule has 0 spiro atoms. The summed E-state index contributed by atoms with van der Waals surface area (Å²) in [5.41, 5.74) is 3.56. The van der Waals surface area contributed by atoms with Crippen molar-refractivity contribution in [1.29, 1.82) is 0 Å². The molecule has 1 fully saturated rings. The Labute approximate surface area is 255 Å². The van der Waals surface area contributed by atoms with Crippen LogP contribution in [0.5, 0.6) is 0 Å². The largest absolute Gasteiger partial charge is 0.494 e. The number of benzene rings is 4. The Balaban J connectivity index is 1.54. The van der Waals surface area contributed by atoms with Gasteiger partial charge in [0.1, 0.15) is 11.2 Å². The molecule has 1 aliphatic rings. The molecule has 6 rings (SSSR count). The Hall–Kier alpha value is -4.00. The minimum absolute atomic E-state index is 0.381. The normalized spacial score (nSPS) is 18.3. The zero-order valence-corrected chi connectivity index (χ0v) is 25.5. The fraction of sp³-hybridized carbons (Fsp3) is 0.297. The highest BCUT2D eigenvalue weighted by molar-refractivity contribution is 6.62. The number of fused-ring (bicyclic) bond motifs is 1. The molecule has 218 valence electrons. The third-order valence-corrected chi connectivity index (χ3v) is 9.31. The van der Waals surface area contributed by atoms with Crippen LogP contribution < -0.4 is 5.46 Å². The van der Waals surface area contributed by atoms with E-state index in [1.807, 2.05) is 28.9 Å². The molecule has 1 unspecified atom stereocenters. The summed E-state index contributed by atoms with van der Waals surface area (Å²) in [4.78, 5) is 12.6. The molecule has 43 heavy (non-hydrogen) atoms. The van der Waals surface area contributed by atoms with Gasteiger partial charge in [0.05, 0.1) is 16.7 Å². The van der Waals surface area contributed by atoms with Gasteiger partial charge in [0, 0.05) is 5.39 Å². The summed E-state index contributed by atoms with van der Waals surface area (Å²) in [5, 5.41) is 5.82. The summed E-state index contributed by atoms with van der Waals surface area (Å²) in [6.45, 7) is 8.59. The van der Waals surface area contributed by atoms with Gasteiger partial charge >= 0.3 is 7.12 Å². The molecule has 0 aliphatic carbocycles. The molecule has 5 nitrogen and oxygen atoms in total. The van der Waals surface area contributed by atoms with Crippen molar-refractivity contribution in [2.45, 2.75) is 70.1 Å². The van der Waals surface area contributed by atoms with Crippen LogP contribution in [0.2, 0.25) is 0 Å². The van der Waals surface area contributed by atoms with Crippen LogP contribution in [0.25, 0.3) is 10.9 Å². The lowest BCUT2D eigenvalue weighted by molar-refractivity contribution is -0.0171. The number of aromatic nitrogens is 2. The van der Waals surface area contributed by atoms with Crippen molar-refractivity contribution < 1.29 is 14.1 Å². The van der Waals surface area contributed by atoms with Gasteiger partial charge in [-0.2, -0.15) is 5.10 Å². The second-order valence-electron chi connectivity index (χ2n) is 12.3. The van der Waals surface area contributed by atoms with E-state index in [0.717, 1.165) is 58.6 Å². The van der Waals surface area contributed by atoms with E-state index in [1.54, 1.807) is 0 Å². The maximum absolute atomic E-state index is 12.6. The average Bonchev–Trinajstić information content (AvgIpc) is 3.52. The van der Waals surface area contributed by atoms with Gasteiger partial charge in [-0.25, -0.2) is 4.68 Å². The predicted molar refractivity (Wildman–Crippen MR) is 174 cm³/mol. The Bertz CT molecular complexity index is 1610. The van der Waals surface area contributed by atoms with Gasteiger partial charge in [-0.1, -0.05) is 129 Å². The van der Waals surface area contributed by atoms with Crippen molar-refractivity contribution in [3.05, 3.63) is 132 Å². The second kappa shape index (κ2) is 11.6. The number of unbranched alkanes of at least 4 members (excludes halogenated alkanes) is 2. The third-order valence-electron chi connectivity index (χ3n) is 9.31. The summed E-state index contributed by atoms with van der Waals surface area (Å²) < 4.78 is 15.2. The molecule has 1 saturated heterocycles. The minimum Gasteiger partial charge on any atom is -0.399 e. The summed E-state index contributed by atoms with van der Waals surface area (Å²) in [6.07, 6.45) is 5.20. The van der Waals surface area contributed by atoms with Gasteiger partial charge in [0.15, 0.2) is 6.29 Å². The monoisotopic (exact) mass is 570 g/mol. The summed E-state index contributed by atoms with van der Waals surface area (Å²) in [5.74, 6) is 0. The zero-order valence-electron chi connectivity index (χ0n) is 25.5. The van der Waals surface area contributed by atoms with Crippen LogP contribution in [0.3, 0.4) is 0 Å². The Morgan fingerprint density at radius 1 is 0.791 bits per heavy atom. The van der Waals surface area contributed by atoms with Crippen molar-refractivity contribution >= 4 is 29.8 Å². The van der Waals surface area contributed by atoms with Crippen molar-refractivity contribution in [2.75, 3.05) is 0 Å². The standard InChI is InChI=1S/C37H39BN2O3/c1-5-6-16-25-36(4)35(2,3)42-38(43-36)31-23-24-34-32(26-31)33(27-41)39-40(34)37(28-17-10-7-11-18-28,29-19-12-8-13-20-29)30-21-14-9-15-22-30/h7-15,17-24,26-27H,5-6,16,25H2,1-4H3. The van der Waals surface area contributed by atoms with Gasteiger partial charge in [-0.3, -0.25) is 4.79 Å². The van der Waals surface area contributed by atoms with E-state index >= 15 is 0 Å². The molecule has 2 heterocycles. The van der Waals surface area contributed by atoms with E-state index in [-0.39, 0.29) is 0 Å². The molecule has 0 bridgehead atoms. The van der Waals surface area contributed by atoms with Crippen LogP contribution in [0.1, 0.15) is 80.6 Å². The van der Waals surface area contributed by atoms with E-state index < -0.39 is 23.9 Å². The highest BCUT2D eigenvalue weighted by Gasteiger charge is 2.54. The molecule has 6 heteroatoms. The molecular weight excluding hydrogens is 531 g/mol. The van der Waals surface area contributed by atoms with Crippen LogP contribution in [0.4, 0.5) is 0 Å². The first-order valence-corrected chi connectivity index (χ1v) is 15.3. The lowest BCUT2D eigenvalue weighted by Crippen LogP contribution is -2.44.